The van der Waals surface area contributed by atoms with Gasteiger partial charge in [0.1, 0.15) is 11.5 Å². The van der Waals surface area contributed by atoms with Gasteiger partial charge in [-0.1, -0.05) is 11.6 Å². The summed E-state index contributed by atoms with van der Waals surface area (Å²) in [4.78, 5) is 46.5. The van der Waals surface area contributed by atoms with Gasteiger partial charge in [0.15, 0.2) is 0 Å². The van der Waals surface area contributed by atoms with Gasteiger partial charge in [-0.3, -0.25) is 29.4 Å². The van der Waals surface area contributed by atoms with E-state index in [1.165, 1.54) is 24.3 Å². The van der Waals surface area contributed by atoms with Gasteiger partial charge in [0.2, 0.25) is 0 Å². The van der Waals surface area contributed by atoms with Crippen molar-refractivity contribution in [1.29, 1.82) is 0 Å². The normalized spacial score (nSPS) is 15.3. The summed E-state index contributed by atoms with van der Waals surface area (Å²) in [5, 5.41) is 19.4. The molecule has 9 nitrogen and oxygen atoms in total. The molecule has 11 heteroatoms. The minimum atomic E-state index is -1.00. The van der Waals surface area contributed by atoms with Gasteiger partial charge in [0, 0.05) is 36.7 Å². The maximum atomic E-state index is 12.4. The third-order valence-corrected chi connectivity index (χ3v) is 5.21. The summed E-state index contributed by atoms with van der Waals surface area (Å²) < 4.78 is 5.62. The van der Waals surface area contributed by atoms with E-state index in [2.05, 4.69) is 0 Å². The summed E-state index contributed by atoms with van der Waals surface area (Å²) in [7, 11) is 0. The fourth-order valence-electron chi connectivity index (χ4n) is 2.60. The molecule has 0 spiro atoms. The smallest absolute Gasteiger partial charge is 0.303 e. The number of thioether (sulfide) groups is 1. The highest BCUT2D eigenvalue weighted by Crippen LogP contribution is 2.35. The van der Waals surface area contributed by atoms with E-state index >= 15 is 0 Å². The topological polar surface area (TPSA) is 131 Å². The maximum Gasteiger partial charge on any atom is 0.303 e. The molecule has 1 aliphatic rings. The van der Waals surface area contributed by atoms with Crippen LogP contribution in [0.4, 0.5) is 10.5 Å². The number of carbonyl (C=O) groups is 3. The van der Waals surface area contributed by atoms with E-state index in [-0.39, 0.29) is 46.5 Å². The highest BCUT2D eigenvalue weighted by atomic mass is 35.5. The summed E-state index contributed by atoms with van der Waals surface area (Å²) in [6.45, 7) is 0.0149. The number of furan rings is 1. The van der Waals surface area contributed by atoms with E-state index in [9.17, 15) is 24.5 Å². The number of nitrogens with zero attached hydrogens (tertiary/aromatic N) is 2. The van der Waals surface area contributed by atoms with Crippen LogP contribution in [0.1, 0.15) is 18.6 Å². The number of rotatable bonds is 7. The third kappa shape index (κ3) is 4.66. The Bertz CT molecular complexity index is 1050. The molecule has 2 heterocycles. The molecule has 1 aromatic heterocycles. The first-order valence-corrected chi connectivity index (χ1v) is 9.47. The zero-order valence-corrected chi connectivity index (χ0v) is 16.2. The molecule has 1 aliphatic heterocycles. The summed E-state index contributed by atoms with van der Waals surface area (Å²) in [5.41, 5.74) is 0.173. The van der Waals surface area contributed by atoms with E-state index in [1.54, 1.807) is 12.1 Å². The van der Waals surface area contributed by atoms with Crippen molar-refractivity contribution >= 4 is 52.2 Å². The predicted octanol–water partition coefficient (Wildman–Crippen LogP) is 4.41. The van der Waals surface area contributed by atoms with Crippen LogP contribution in [0.25, 0.3) is 17.4 Å². The van der Waals surface area contributed by atoms with Crippen LogP contribution in [-0.4, -0.2) is 38.6 Å². The van der Waals surface area contributed by atoms with Crippen molar-refractivity contribution in [3.05, 3.63) is 56.1 Å². The number of non-ortho nitro benzene ring substituents is 1. The average Bonchev–Trinajstić information content (AvgIpc) is 3.21. The number of hydrogen-bond donors (Lipinski definition) is 1. The number of amides is 2. The molecule has 0 atom stereocenters. The second kappa shape index (κ2) is 8.50. The summed E-state index contributed by atoms with van der Waals surface area (Å²) >= 11 is 6.82. The van der Waals surface area contributed by atoms with Gasteiger partial charge >= 0.3 is 5.97 Å². The second-order valence-corrected chi connectivity index (χ2v) is 7.35. The van der Waals surface area contributed by atoms with Gasteiger partial charge < -0.3 is 9.52 Å². The lowest BCUT2D eigenvalue weighted by Crippen LogP contribution is -2.29. The van der Waals surface area contributed by atoms with Gasteiger partial charge in [0.05, 0.1) is 14.9 Å². The monoisotopic (exact) mass is 436 g/mol. The Balaban J connectivity index is 1.79. The largest absolute Gasteiger partial charge is 0.481 e. The van der Waals surface area contributed by atoms with Crippen molar-refractivity contribution in [2.45, 2.75) is 12.8 Å². The van der Waals surface area contributed by atoms with Crippen molar-refractivity contribution in [1.82, 2.24) is 4.90 Å². The SMILES string of the molecule is O=C(O)CCCN1C(=O)S/C(=C/c2ccc(-c3cc([N+](=O)[O-])ccc3Cl)o2)C1=O. The molecule has 2 aromatic rings. The van der Waals surface area contributed by atoms with Crippen molar-refractivity contribution in [3.63, 3.8) is 0 Å². The standard InChI is InChI=1S/C18H13ClN2O7S/c19-13-5-3-10(21(26)27)8-12(13)14-6-4-11(28-14)9-15-17(24)20(18(25)29-15)7-1-2-16(22)23/h3-6,8-9H,1-2,7H2,(H,22,23)/b15-9+. The van der Waals surface area contributed by atoms with Crippen LogP contribution in [0, 0.1) is 10.1 Å². The number of carbonyl (C=O) groups excluding carboxylic acids is 2. The number of benzene rings is 1. The van der Waals surface area contributed by atoms with Crippen LogP contribution in [0.15, 0.2) is 39.7 Å². The summed E-state index contributed by atoms with van der Waals surface area (Å²) in [6, 6.07) is 7.04. The lowest BCUT2D eigenvalue weighted by molar-refractivity contribution is -0.384. The van der Waals surface area contributed by atoms with Crippen LogP contribution < -0.4 is 0 Å². The van der Waals surface area contributed by atoms with Crippen LogP contribution >= 0.6 is 23.4 Å². The molecule has 1 saturated heterocycles. The number of nitro groups is 1. The number of halogens is 1. The molecule has 29 heavy (non-hydrogen) atoms. The van der Waals surface area contributed by atoms with Crippen LogP contribution in [0.2, 0.25) is 5.02 Å². The average molecular weight is 437 g/mol. The Morgan fingerprint density at radius 1 is 1.31 bits per heavy atom. The number of imide groups is 1. The maximum absolute atomic E-state index is 12.4. The van der Waals surface area contributed by atoms with Crippen LogP contribution in [0.5, 0.6) is 0 Å². The summed E-state index contributed by atoms with van der Waals surface area (Å²) in [5.74, 6) is -1.00. The lowest BCUT2D eigenvalue weighted by Gasteiger charge is -2.10. The molecule has 3 rings (SSSR count). The summed E-state index contributed by atoms with van der Waals surface area (Å²) in [6.07, 6.45) is 1.40. The van der Waals surface area contributed by atoms with Crippen LogP contribution in [-0.2, 0) is 9.59 Å². The predicted molar refractivity (Wildman–Crippen MR) is 105 cm³/mol. The Morgan fingerprint density at radius 2 is 2.07 bits per heavy atom. The molecule has 2 amide bonds. The molecule has 0 unspecified atom stereocenters. The first-order valence-electron chi connectivity index (χ1n) is 8.27. The number of carboxylic acids is 1. The van der Waals surface area contributed by atoms with E-state index < -0.39 is 22.0 Å². The van der Waals surface area contributed by atoms with E-state index in [1.807, 2.05) is 0 Å². The van der Waals surface area contributed by atoms with Gasteiger partial charge in [-0.05, 0) is 36.4 Å². The molecule has 150 valence electrons. The van der Waals surface area contributed by atoms with Gasteiger partial charge in [0.25, 0.3) is 16.8 Å². The molecule has 0 bridgehead atoms. The number of carboxylic acid groups (broad SMARTS) is 1. The van der Waals surface area contributed by atoms with Crippen molar-refractivity contribution in [2.75, 3.05) is 6.54 Å². The number of aliphatic carboxylic acids is 1. The first kappa shape index (κ1) is 20.6. The lowest BCUT2D eigenvalue weighted by atomic mass is 10.1. The molecule has 0 radical (unpaired) electrons. The molecule has 1 N–H and O–H groups in total. The molecular formula is C18H13ClN2O7S. The van der Waals surface area contributed by atoms with Crippen molar-refractivity contribution in [2.24, 2.45) is 0 Å². The van der Waals surface area contributed by atoms with E-state index in [0.29, 0.717) is 5.56 Å². The van der Waals surface area contributed by atoms with E-state index in [4.69, 9.17) is 21.1 Å². The van der Waals surface area contributed by atoms with Crippen molar-refractivity contribution < 1.29 is 28.8 Å². The van der Waals surface area contributed by atoms with E-state index in [0.717, 1.165) is 16.7 Å². The number of hydrogen-bond acceptors (Lipinski definition) is 7. The Labute approximate surface area is 173 Å². The zero-order chi connectivity index (χ0) is 21.1. The molecule has 1 aromatic carbocycles. The van der Waals surface area contributed by atoms with Crippen molar-refractivity contribution in [3.8, 4) is 11.3 Å². The highest BCUT2D eigenvalue weighted by Gasteiger charge is 2.34. The zero-order valence-electron chi connectivity index (χ0n) is 14.7. The second-order valence-electron chi connectivity index (χ2n) is 5.95. The quantitative estimate of drug-likeness (QED) is 0.383. The minimum Gasteiger partial charge on any atom is -0.481 e. The minimum absolute atomic E-state index is 0.0149. The van der Waals surface area contributed by atoms with Crippen LogP contribution in [0.3, 0.4) is 0 Å². The van der Waals surface area contributed by atoms with Gasteiger partial charge in [-0.2, -0.15) is 0 Å². The van der Waals surface area contributed by atoms with Gasteiger partial charge in [-0.25, -0.2) is 0 Å². The first-order chi connectivity index (χ1) is 13.8. The Morgan fingerprint density at radius 3 is 2.76 bits per heavy atom. The Kier molecular flexibility index (Phi) is 6.04. The van der Waals surface area contributed by atoms with Gasteiger partial charge in [-0.15, -0.1) is 0 Å². The highest BCUT2D eigenvalue weighted by molar-refractivity contribution is 8.18. The molecule has 1 fully saturated rings. The Hall–Kier alpha value is -3.11. The molecule has 0 aliphatic carbocycles. The fraction of sp³-hybridized carbons (Fsp3) is 0.167. The molecular weight excluding hydrogens is 424 g/mol. The molecule has 0 saturated carbocycles. The fourth-order valence-corrected chi connectivity index (χ4v) is 3.66. The number of nitro benzene ring substituents is 1. The third-order valence-electron chi connectivity index (χ3n) is 3.97.